The summed E-state index contributed by atoms with van der Waals surface area (Å²) in [7, 11) is 0. The van der Waals surface area contributed by atoms with Crippen LogP contribution in [0.2, 0.25) is 0 Å². The summed E-state index contributed by atoms with van der Waals surface area (Å²) in [6.45, 7) is 0. The Morgan fingerprint density at radius 3 is 2.35 bits per heavy atom. The van der Waals surface area contributed by atoms with Gasteiger partial charge in [0.05, 0.1) is 11.3 Å². The van der Waals surface area contributed by atoms with Crippen molar-refractivity contribution in [1.29, 1.82) is 5.26 Å². The summed E-state index contributed by atoms with van der Waals surface area (Å²) in [4.78, 5) is 3.31. The van der Waals surface area contributed by atoms with Gasteiger partial charge in [-0.15, -0.1) is 0 Å². The van der Waals surface area contributed by atoms with E-state index in [0.717, 1.165) is 22.2 Å². The highest BCUT2D eigenvalue weighted by Gasteiger charge is 2.06. The zero-order valence-electron chi connectivity index (χ0n) is 12.5. The number of nitrogens with one attached hydrogen (secondary N) is 1. The second-order valence-corrected chi connectivity index (χ2v) is 5.55. The molecule has 0 fully saturated rings. The molecule has 1 aromatic heterocycles. The van der Waals surface area contributed by atoms with Gasteiger partial charge in [-0.05, 0) is 40.6 Å². The van der Waals surface area contributed by atoms with E-state index in [0.29, 0.717) is 5.57 Å². The Morgan fingerprint density at radius 1 is 0.826 bits per heavy atom. The molecule has 0 aliphatic rings. The van der Waals surface area contributed by atoms with Gasteiger partial charge in [-0.25, -0.2) is 0 Å². The number of aromatic nitrogens is 1. The summed E-state index contributed by atoms with van der Waals surface area (Å²) in [5.74, 6) is 0. The quantitative estimate of drug-likeness (QED) is 0.495. The Hall–Kier alpha value is -3.31. The van der Waals surface area contributed by atoms with E-state index in [-0.39, 0.29) is 0 Å². The van der Waals surface area contributed by atoms with Gasteiger partial charge in [-0.1, -0.05) is 54.6 Å². The molecule has 23 heavy (non-hydrogen) atoms. The highest BCUT2D eigenvalue weighted by Crippen LogP contribution is 2.24. The molecule has 0 radical (unpaired) electrons. The Morgan fingerprint density at radius 2 is 1.57 bits per heavy atom. The number of fused-ring (bicyclic) bond motifs is 2. The molecule has 1 heterocycles. The van der Waals surface area contributed by atoms with Crippen molar-refractivity contribution in [2.45, 2.75) is 0 Å². The molecule has 2 nitrogen and oxygen atoms in total. The van der Waals surface area contributed by atoms with E-state index in [9.17, 15) is 5.26 Å². The predicted molar refractivity (Wildman–Crippen MR) is 95.7 cm³/mol. The zero-order chi connectivity index (χ0) is 15.6. The molecule has 1 N–H and O–H groups in total. The monoisotopic (exact) mass is 294 g/mol. The molecule has 2 heteroatoms. The summed E-state index contributed by atoms with van der Waals surface area (Å²) in [6, 6.07) is 26.8. The van der Waals surface area contributed by atoms with Crippen LogP contribution in [0.15, 0.2) is 72.8 Å². The predicted octanol–water partition coefficient (Wildman–Crippen LogP) is 5.39. The smallest absolute Gasteiger partial charge is 0.101 e. The third kappa shape index (κ3) is 2.49. The maximum atomic E-state index is 9.54. The lowest BCUT2D eigenvalue weighted by atomic mass is 10.0. The van der Waals surface area contributed by atoms with E-state index in [1.54, 1.807) is 0 Å². The molecular weight excluding hydrogens is 280 g/mol. The van der Waals surface area contributed by atoms with Gasteiger partial charge in [-0.3, -0.25) is 0 Å². The first-order chi connectivity index (χ1) is 11.3. The average Bonchev–Trinajstić information content (AvgIpc) is 3.03. The maximum absolute atomic E-state index is 9.54. The first-order valence-electron chi connectivity index (χ1n) is 7.52. The highest BCUT2D eigenvalue weighted by atomic mass is 14.7. The lowest BCUT2D eigenvalue weighted by Gasteiger charge is -2.00. The molecule has 3 aromatic carbocycles. The van der Waals surface area contributed by atoms with Crippen molar-refractivity contribution in [1.82, 2.24) is 4.98 Å². The van der Waals surface area contributed by atoms with Crippen molar-refractivity contribution in [3.05, 3.63) is 84.1 Å². The zero-order valence-corrected chi connectivity index (χ0v) is 12.5. The topological polar surface area (TPSA) is 39.6 Å². The number of aromatic amines is 1. The summed E-state index contributed by atoms with van der Waals surface area (Å²) < 4.78 is 0. The summed E-state index contributed by atoms with van der Waals surface area (Å²) in [5, 5.41) is 13.0. The largest absolute Gasteiger partial charge is 0.354 e. The van der Waals surface area contributed by atoms with Crippen molar-refractivity contribution in [2.24, 2.45) is 0 Å². The molecule has 4 aromatic rings. The van der Waals surface area contributed by atoms with Crippen LogP contribution >= 0.6 is 0 Å². The molecule has 0 aliphatic carbocycles. The fourth-order valence-corrected chi connectivity index (χ4v) is 2.85. The third-order valence-corrected chi connectivity index (χ3v) is 4.03. The molecule has 0 spiro atoms. The Balaban J connectivity index is 1.81. The minimum Gasteiger partial charge on any atom is -0.354 e. The van der Waals surface area contributed by atoms with Crippen LogP contribution in [0.5, 0.6) is 0 Å². The maximum Gasteiger partial charge on any atom is 0.101 e. The molecule has 0 saturated heterocycles. The van der Waals surface area contributed by atoms with E-state index in [4.69, 9.17) is 0 Å². The van der Waals surface area contributed by atoms with Gasteiger partial charge in [0, 0.05) is 10.9 Å². The number of hydrogen-bond acceptors (Lipinski definition) is 1. The number of H-pyrrole nitrogens is 1. The van der Waals surface area contributed by atoms with Gasteiger partial charge in [0.2, 0.25) is 0 Å². The van der Waals surface area contributed by atoms with E-state index < -0.39 is 0 Å². The van der Waals surface area contributed by atoms with Gasteiger partial charge >= 0.3 is 0 Å². The lowest BCUT2D eigenvalue weighted by Crippen LogP contribution is -1.82. The molecule has 4 rings (SSSR count). The fourth-order valence-electron chi connectivity index (χ4n) is 2.85. The summed E-state index contributed by atoms with van der Waals surface area (Å²) in [6.07, 6.45) is 1.93. The number of nitrogens with zero attached hydrogens (tertiary/aromatic N) is 1. The van der Waals surface area contributed by atoms with Crippen molar-refractivity contribution < 1.29 is 0 Å². The van der Waals surface area contributed by atoms with Crippen molar-refractivity contribution in [3.8, 4) is 6.07 Å². The lowest BCUT2D eigenvalue weighted by molar-refractivity contribution is 1.40. The van der Waals surface area contributed by atoms with Crippen LogP contribution in [-0.4, -0.2) is 4.98 Å². The number of allylic oxidation sites excluding steroid dienone is 1. The van der Waals surface area contributed by atoms with Crippen molar-refractivity contribution in [2.75, 3.05) is 0 Å². The number of para-hydroxylation sites is 1. The molecule has 0 saturated carbocycles. The molecule has 0 unspecified atom stereocenters. The van der Waals surface area contributed by atoms with Gasteiger partial charge < -0.3 is 4.98 Å². The Kier molecular flexibility index (Phi) is 3.18. The summed E-state index contributed by atoms with van der Waals surface area (Å²) >= 11 is 0. The minimum absolute atomic E-state index is 0.636. The van der Waals surface area contributed by atoms with Gasteiger partial charge in [-0.2, -0.15) is 5.26 Å². The molecule has 108 valence electrons. The van der Waals surface area contributed by atoms with Gasteiger partial charge in [0.15, 0.2) is 0 Å². The average molecular weight is 294 g/mol. The van der Waals surface area contributed by atoms with Crippen LogP contribution in [0.4, 0.5) is 0 Å². The number of nitriles is 1. The van der Waals surface area contributed by atoms with Crippen LogP contribution in [-0.2, 0) is 0 Å². The highest BCUT2D eigenvalue weighted by molar-refractivity contribution is 5.95. The third-order valence-electron chi connectivity index (χ3n) is 4.03. The van der Waals surface area contributed by atoms with Gasteiger partial charge in [0.25, 0.3) is 0 Å². The van der Waals surface area contributed by atoms with Crippen LogP contribution in [0.25, 0.3) is 33.3 Å². The number of rotatable bonds is 2. The first-order valence-corrected chi connectivity index (χ1v) is 7.52. The first kappa shape index (κ1) is 13.4. The molecule has 0 aliphatic heterocycles. The van der Waals surface area contributed by atoms with Crippen LogP contribution < -0.4 is 0 Å². The summed E-state index contributed by atoms with van der Waals surface area (Å²) in [5.41, 5.74) is 3.56. The van der Waals surface area contributed by atoms with Crippen LogP contribution in [0.1, 0.15) is 11.3 Å². The Bertz CT molecular complexity index is 1040. The molecule has 0 atom stereocenters. The fraction of sp³-hybridized carbons (Fsp3) is 0. The van der Waals surface area contributed by atoms with Crippen molar-refractivity contribution >= 4 is 33.3 Å². The van der Waals surface area contributed by atoms with Crippen LogP contribution in [0, 0.1) is 11.3 Å². The minimum atomic E-state index is 0.636. The SMILES string of the molecule is N#C/C(=C\c1ccc2ccccc2c1)c1cc2ccccc2[nH]1. The normalized spacial score (nSPS) is 11.7. The van der Waals surface area contributed by atoms with Gasteiger partial charge in [0.1, 0.15) is 6.07 Å². The molecule has 0 amide bonds. The standard InChI is InChI=1S/C21H14N2/c22-14-19(21-13-18-7-3-4-8-20(18)23-21)12-15-9-10-16-5-1-2-6-17(16)11-15/h1-13,23H/b19-12+. The number of hydrogen-bond donors (Lipinski definition) is 1. The second kappa shape index (κ2) is 5.47. The number of benzene rings is 3. The second-order valence-electron chi connectivity index (χ2n) is 5.55. The van der Waals surface area contributed by atoms with E-state index in [2.05, 4.69) is 35.3 Å². The van der Waals surface area contributed by atoms with Crippen molar-refractivity contribution in [3.63, 3.8) is 0 Å². The van der Waals surface area contributed by atoms with E-state index in [1.165, 1.54) is 10.8 Å². The molecule has 0 bridgehead atoms. The van der Waals surface area contributed by atoms with E-state index >= 15 is 0 Å². The Labute approximate surface area is 134 Å². The van der Waals surface area contributed by atoms with E-state index in [1.807, 2.05) is 54.6 Å². The molecular formula is C21H14N2. The van der Waals surface area contributed by atoms with Crippen LogP contribution in [0.3, 0.4) is 0 Å².